The van der Waals surface area contributed by atoms with Gasteiger partial charge in [-0.1, -0.05) is 11.8 Å². The number of nitrogens with zero attached hydrogens (tertiary/aromatic N) is 3. The Hall–Kier alpha value is -1.62. The van der Waals surface area contributed by atoms with Crippen LogP contribution >= 0.6 is 11.8 Å². The second kappa shape index (κ2) is 6.87. The Bertz CT molecular complexity index is 724. The average molecular weight is 331 g/mol. The molecule has 2 aromatic rings. The van der Waals surface area contributed by atoms with Crippen LogP contribution in [0.25, 0.3) is 0 Å². The minimum Gasteiger partial charge on any atom is -0.346 e. The van der Waals surface area contributed by atoms with Gasteiger partial charge in [-0.3, -0.25) is 4.79 Å². The molecule has 0 bridgehead atoms. The number of thioether (sulfide) groups is 1. The van der Waals surface area contributed by atoms with Crippen LogP contribution in [0.1, 0.15) is 58.6 Å². The SMILES string of the molecule is Cc1nc(SCC(=O)c2cc(C)n(C(C)C)c2C)nc(C)c1C. The van der Waals surface area contributed by atoms with Crippen LogP contribution in [0.3, 0.4) is 0 Å². The van der Waals surface area contributed by atoms with Crippen LogP contribution in [0.5, 0.6) is 0 Å². The molecule has 0 saturated carbocycles. The van der Waals surface area contributed by atoms with Crippen molar-refractivity contribution in [3.63, 3.8) is 0 Å². The van der Waals surface area contributed by atoms with Gasteiger partial charge in [0.15, 0.2) is 10.9 Å². The van der Waals surface area contributed by atoms with E-state index in [-0.39, 0.29) is 5.78 Å². The third kappa shape index (κ3) is 3.66. The number of hydrogen-bond acceptors (Lipinski definition) is 4. The lowest BCUT2D eigenvalue weighted by molar-refractivity contribution is 0.102. The highest BCUT2D eigenvalue weighted by atomic mass is 32.2. The summed E-state index contributed by atoms with van der Waals surface area (Å²) in [6.07, 6.45) is 0. The lowest BCUT2D eigenvalue weighted by atomic mass is 10.2. The van der Waals surface area contributed by atoms with Crippen molar-refractivity contribution in [2.45, 2.75) is 59.7 Å². The van der Waals surface area contributed by atoms with E-state index in [0.717, 1.165) is 33.9 Å². The third-order valence-corrected chi connectivity index (χ3v) is 5.09. The maximum absolute atomic E-state index is 12.6. The van der Waals surface area contributed by atoms with E-state index >= 15 is 0 Å². The Morgan fingerprint density at radius 3 is 2.17 bits per heavy atom. The van der Waals surface area contributed by atoms with Crippen molar-refractivity contribution < 1.29 is 4.79 Å². The first-order valence-electron chi connectivity index (χ1n) is 7.88. The highest BCUT2D eigenvalue weighted by Gasteiger charge is 2.18. The molecule has 4 nitrogen and oxygen atoms in total. The quantitative estimate of drug-likeness (QED) is 0.463. The van der Waals surface area contributed by atoms with Gasteiger partial charge in [0.1, 0.15) is 0 Å². The van der Waals surface area contributed by atoms with Gasteiger partial charge in [0.25, 0.3) is 0 Å². The number of rotatable bonds is 5. The molecule has 0 fully saturated rings. The number of aromatic nitrogens is 3. The average Bonchev–Trinajstić information content (AvgIpc) is 2.77. The molecule has 0 aliphatic heterocycles. The second-order valence-electron chi connectivity index (χ2n) is 6.26. The van der Waals surface area contributed by atoms with Crippen molar-refractivity contribution in [1.29, 1.82) is 0 Å². The van der Waals surface area contributed by atoms with Crippen molar-refractivity contribution in [3.05, 3.63) is 40.0 Å². The zero-order valence-corrected chi connectivity index (χ0v) is 15.8. The van der Waals surface area contributed by atoms with Crippen molar-refractivity contribution in [2.75, 3.05) is 5.75 Å². The van der Waals surface area contributed by atoms with Crippen LogP contribution < -0.4 is 0 Å². The van der Waals surface area contributed by atoms with E-state index in [0.29, 0.717) is 17.0 Å². The summed E-state index contributed by atoms with van der Waals surface area (Å²) in [4.78, 5) is 21.5. The van der Waals surface area contributed by atoms with E-state index in [2.05, 4.69) is 28.4 Å². The molecular formula is C18H25N3OS. The molecule has 5 heteroatoms. The summed E-state index contributed by atoms with van der Waals surface area (Å²) in [7, 11) is 0. The molecule has 0 spiro atoms. The maximum Gasteiger partial charge on any atom is 0.188 e. The molecule has 0 aliphatic carbocycles. The third-order valence-electron chi connectivity index (χ3n) is 4.25. The Balaban J connectivity index is 2.16. The fourth-order valence-electron chi connectivity index (χ4n) is 2.87. The predicted octanol–water partition coefficient (Wildman–Crippen LogP) is 4.38. The van der Waals surface area contributed by atoms with E-state index in [1.54, 1.807) is 0 Å². The van der Waals surface area contributed by atoms with E-state index < -0.39 is 0 Å². The first-order chi connectivity index (χ1) is 10.7. The van der Waals surface area contributed by atoms with Crippen LogP contribution in [0.4, 0.5) is 0 Å². The number of aryl methyl sites for hydroxylation is 3. The molecule has 124 valence electrons. The summed E-state index contributed by atoms with van der Waals surface area (Å²) in [6, 6.07) is 2.35. The van der Waals surface area contributed by atoms with Crippen molar-refractivity contribution in [1.82, 2.24) is 14.5 Å². The highest BCUT2D eigenvalue weighted by Crippen LogP contribution is 2.23. The van der Waals surface area contributed by atoms with Gasteiger partial charge < -0.3 is 4.57 Å². The minimum absolute atomic E-state index is 0.134. The van der Waals surface area contributed by atoms with E-state index in [1.165, 1.54) is 11.8 Å². The minimum atomic E-state index is 0.134. The molecule has 0 aromatic carbocycles. The van der Waals surface area contributed by atoms with Gasteiger partial charge in [-0.15, -0.1) is 0 Å². The summed E-state index contributed by atoms with van der Waals surface area (Å²) < 4.78 is 2.20. The molecule has 0 N–H and O–H groups in total. The predicted molar refractivity (Wildman–Crippen MR) is 95.6 cm³/mol. The van der Waals surface area contributed by atoms with Gasteiger partial charge in [0.05, 0.1) is 5.75 Å². The number of hydrogen-bond donors (Lipinski definition) is 0. The summed E-state index contributed by atoms with van der Waals surface area (Å²) in [5.74, 6) is 0.499. The Morgan fingerprint density at radius 2 is 1.70 bits per heavy atom. The highest BCUT2D eigenvalue weighted by molar-refractivity contribution is 7.99. The summed E-state index contributed by atoms with van der Waals surface area (Å²) in [5, 5.41) is 0.677. The molecular weight excluding hydrogens is 306 g/mol. The van der Waals surface area contributed by atoms with Gasteiger partial charge in [-0.05, 0) is 60.1 Å². The Morgan fingerprint density at radius 1 is 1.13 bits per heavy atom. The largest absolute Gasteiger partial charge is 0.346 e. The molecule has 2 aromatic heterocycles. The van der Waals surface area contributed by atoms with Crippen molar-refractivity contribution in [2.24, 2.45) is 0 Å². The molecule has 23 heavy (non-hydrogen) atoms. The van der Waals surface area contributed by atoms with Crippen LogP contribution in [-0.4, -0.2) is 26.1 Å². The lowest BCUT2D eigenvalue weighted by Crippen LogP contribution is -2.08. The number of Topliss-reactive ketones (excluding diaryl/α,β-unsaturated/α-hetero) is 1. The molecule has 2 heterocycles. The smallest absolute Gasteiger partial charge is 0.188 e. The number of carbonyl (C=O) groups is 1. The summed E-state index contributed by atoms with van der Waals surface area (Å²) in [5.41, 5.74) is 6.05. The molecule has 0 aliphatic rings. The van der Waals surface area contributed by atoms with E-state index in [1.807, 2.05) is 40.7 Å². The Labute approximate surface area is 142 Å². The van der Waals surface area contributed by atoms with Crippen molar-refractivity contribution in [3.8, 4) is 0 Å². The van der Waals surface area contributed by atoms with E-state index in [4.69, 9.17) is 0 Å². The molecule has 0 saturated heterocycles. The van der Waals surface area contributed by atoms with Crippen molar-refractivity contribution >= 4 is 17.5 Å². The van der Waals surface area contributed by atoms with Gasteiger partial charge in [0.2, 0.25) is 0 Å². The molecule has 0 unspecified atom stereocenters. The second-order valence-corrected chi connectivity index (χ2v) is 7.20. The van der Waals surface area contributed by atoms with Gasteiger partial charge in [0, 0.05) is 34.4 Å². The Kier molecular flexibility index (Phi) is 5.30. The lowest BCUT2D eigenvalue weighted by Gasteiger charge is -2.13. The monoisotopic (exact) mass is 331 g/mol. The summed E-state index contributed by atoms with van der Waals surface area (Å²) >= 11 is 1.41. The fraction of sp³-hybridized carbons (Fsp3) is 0.500. The van der Waals surface area contributed by atoms with E-state index in [9.17, 15) is 4.79 Å². The normalized spacial score (nSPS) is 11.3. The van der Waals surface area contributed by atoms with Crippen LogP contribution in [0.2, 0.25) is 0 Å². The zero-order chi connectivity index (χ0) is 17.3. The maximum atomic E-state index is 12.6. The standard InChI is InChI=1S/C18H25N3OS/c1-10(2)21-11(3)8-16(15(21)7)17(22)9-23-18-19-13(5)12(4)14(6)20-18/h8,10H,9H2,1-7H3. The zero-order valence-electron chi connectivity index (χ0n) is 15.0. The molecule has 0 radical (unpaired) electrons. The van der Waals surface area contributed by atoms with Gasteiger partial charge in [-0.25, -0.2) is 9.97 Å². The number of ketones is 1. The van der Waals surface area contributed by atoms with Crippen LogP contribution in [-0.2, 0) is 0 Å². The first-order valence-corrected chi connectivity index (χ1v) is 8.87. The fourth-order valence-corrected chi connectivity index (χ4v) is 3.69. The molecule has 2 rings (SSSR count). The van der Waals surface area contributed by atoms with Gasteiger partial charge >= 0.3 is 0 Å². The van der Waals surface area contributed by atoms with Gasteiger partial charge in [-0.2, -0.15) is 0 Å². The van der Waals surface area contributed by atoms with Crippen LogP contribution in [0.15, 0.2) is 11.2 Å². The summed E-state index contributed by atoms with van der Waals surface area (Å²) in [6.45, 7) is 14.3. The first kappa shape index (κ1) is 17.7. The number of carbonyl (C=O) groups excluding carboxylic acids is 1. The van der Waals surface area contributed by atoms with Crippen LogP contribution in [0, 0.1) is 34.6 Å². The topological polar surface area (TPSA) is 47.8 Å². The molecule has 0 amide bonds. The molecule has 0 atom stereocenters.